The van der Waals surface area contributed by atoms with E-state index in [2.05, 4.69) is 10.3 Å². The second kappa shape index (κ2) is 8.83. The Morgan fingerprint density at radius 1 is 1.03 bits per heavy atom. The molecule has 2 aromatic carbocycles. The van der Waals surface area contributed by atoms with Crippen LogP contribution >= 0.6 is 0 Å². The van der Waals surface area contributed by atoms with Gasteiger partial charge in [-0.25, -0.2) is 12.8 Å². The standard InChI is InChI=1S/C21H20FN3O3S/c1-16-9-11-18(12-10-16)29(27,28)25(20-8-3-2-7-19(20)22)15-21(26)24-14-17-6-4-5-13-23-17/h2-13H,14-15H2,1H3,(H,24,26). The van der Waals surface area contributed by atoms with Crippen molar-refractivity contribution in [2.45, 2.75) is 18.4 Å². The van der Waals surface area contributed by atoms with Crippen LogP contribution in [-0.4, -0.2) is 25.9 Å². The Bertz CT molecular complexity index is 1090. The van der Waals surface area contributed by atoms with E-state index in [1.165, 1.54) is 30.3 Å². The Kier molecular flexibility index (Phi) is 6.23. The molecule has 0 spiro atoms. The molecular weight excluding hydrogens is 393 g/mol. The third-order valence-corrected chi connectivity index (χ3v) is 5.98. The van der Waals surface area contributed by atoms with E-state index < -0.39 is 28.3 Å². The first-order chi connectivity index (χ1) is 13.9. The molecule has 0 aliphatic rings. The highest BCUT2D eigenvalue weighted by molar-refractivity contribution is 7.92. The van der Waals surface area contributed by atoms with Gasteiger partial charge in [-0.3, -0.25) is 14.1 Å². The van der Waals surface area contributed by atoms with Crippen LogP contribution in [-0.2, 0) is 21.4 Å². The minimum Gasteiger partial charge on any atom is -0.349 e. The third-order valence-electron chi connectivity index (χ3n) is 4.21. The number of amides is 1. The summed E-state index contributed by atoms with van der Waals surface area (Å²) >= 11 is 0. The number of carbonyl (C=O) groups is 1. The number of nitrogens with one attached hydrogen (secondary N) is 1. The first-order valence-corrected chi connectivity index (χ1v) is 10.3. The van der Waals surface area contributed by atoms with Crippen LogP contribution in [0.4, 0.5) is 10.1 Å². The summed E-state index contributed by atoms with van der Waals surface area (Å²) in [7, 11) is -4.15. The zero-order chi connectivity index (χ0) is 20.9. The fraction of sp³-hybridized carbons (Fsp3) is 0.143. The van der Waals surface area contributed by atoms with Crippen LogP contribution < -0.4 is 9.62 Å². The molecule has 0 aliphatic carbocycles. The lowest BCUT2D eigenvalue weighted by molar-refractivity contribution is -0.119. The van der Waals surface area contributed by atoms with E-state index in [4.69, 9.17) is 0 Å². The summed E-state index contributed by atoms with van der Waals surface area (Å²) in [5, 5.41) is 2.62. The highest BCUT2D eigenvalue weighted by Gasteiger charge is 2.29. The van der Waals surface area contributed by atoms with E-state index in [9.17, 15) is 17.6 Å². The van der Waals surface area contributed by atoms with E-state index in [0.29, 0.717) is 5.69 Å². The van der Waals surface area contributed by atoms with Gasteiger partial charge in [0.25, 0.3) is 10.0 Å². The molecule has 0 bridgehead atoms. The molecule has 150 valence electrons. The van der Waals surface area contributed by atoms with Gasteiger partial charge in [-0.1, -0.05) is 35.9 Å². The van der Waals surface area contributed by atoms with Crippen LogP contribution in [0.3, 0.4) is 0 Å². The van der Waals surface area contributed by atoms with Crippen LogP contribution in [0.25, 0.3) is 0 Å². The summed E-state index contributed by atoms with van der Waals surface area (Å²) in [5.74, 6) is -1.31. The van der Waals surface area contributed by atoms with Crippen molar-refractivity contribution in [3.8, 4) is 0 Å². The van der Waals surface area contributed by atoms with Gasteiger partial charge in [0.15, 0.2) is 0 Å². The lowest BCUT2D eigenvalue weighted by Gasteiger charge is -2.24. The van der Waals surface area contributed by atoms with E-state index in [1.54, 1.807) is 36.5 Å². The number of hydrogen-bond acceptors (Lipinski definition) is 4. The normalized spacial score (nSPS) is 11.1. The SMILES string of the molecule is Cc1ccc(S(=O)(=O)N(CC(=O)NCc2ccccn2)c2ccccc2F)cc1. The molecule has 3 rings (SSSR count). The number of para-hydroxylation sites is 1. The topological polar surface area (TPSA) is 79.4 Å². The Labute approximate surface area is 169 Å². The summed E-state index contributed by atoms with van der Waals surface area (Å²) in [6.07, 6.45) is 1.59. The molecule has 6 nitrogen and oxygen atoms in total. The average Bonchev–Trinajstić information content (AvgIpc) is 2.72. The summed E-state index contributed by atoms with van der Waals surface area (Å²) in [6, 6.07) is 16.9. The van der Waals surface area contributed by atoms with Crippen molar-refractivity contribution in [3.63, 3.8) is 0 Å². The fourth-order valence-corrected chi connectivity index (χ4v) is 4.10. The lowest BCUT2D eigenvalue weighted by atomic mass is 10.2. The molecule has 29 heavy (non-hydrogen) atoms. The second-order valence-corrected chi connectivity index (χ2v) is 8.24. The summed E-state index contributed by atoms with van der Waals surface area (Å²) in [4.78, 5) is 16.6. The number of anilines is 1. The number of carbonyl (C=O) groups excluding carboxylic acids is 1. The third kappa shape index (κ3) is 4.97. The van der Waals surface area contributed by atoms with Gasteiger partial charge in [0, 0.05) is 6.20 Å². The second-order valence-electron chi connectivity index (χ2n) is 6.37. The predicted octanol–water partition coefficient (Wildman–Crippen LogP) is 3.04. The van der Waals surface area contributed by atoms with Gasteiger partial charge in [-0.05, 0) is 43.3 Å². The highest BCUT2D eigenvalue weighted by Crippen LogP contribution is 2.26. The molecule has 0 atom stereocenters. The van der Waals surface area contributed by atoms with Gasteiger partial charge in [-0.2, -0.15) is 0 Å². The van der Waals surface area contributed by atoms with Gasteiger partial charge >= 0.3 is 0 Å². The minimum absolute atomic E-state index is 0.0242. The van der Waals surface area contributed by atoms with Crippen molar-refractivity contribution < 1.29 is 17.6 Å². The number of aryl methyl sites for hydroxylation is 1. The van der Waals surface area contributed by atoms with Crippen LogP contribution in [0.1, 0.15) is 11.3 Å². The highest BCUT2D eigenvalue weighted by atomic mass is 32.2. The number of nitrogens with zero attached hydrogens (tertiary/aromatic N) is 2. The molecule has 0 saturated carbocycles. The monoisotopic (exact) mass is 413 g/mol. The number of sulfonamides is 1. The summed E-state index contributed by atoms with van der Waals surface area (Å²) < 4.78 is 41.5. The Morgan fingerprint density at radius 3 is 2.38 bits per heavy atom. The fourth-order valence-electron chi connectivity index (χ4n) is 2.67. The molecule has 0 unspecified atom stereocenters. The van der Waals surface area contributed by atoms with Crippen LogP contribution in [0, 0.1) is 12.7 Å². The van der Waals surface area contributed by atoms with Gasteiger partial charge in [-0.15, -0.1) is 0 Å². The van der Waals surface area contributed by atoms with E-state index >= 15 is 0 Å². The van der Waals surface area contributed by atoms with Gasteiger partial charge in [0.2, 0.25) is 5.91 Å². The number of hydrogen-bond donors (Lipinski definition) is 1. The zero-order valence-corrected chi connectivity index (χ0v) is 16.6. The molecule has 0 fully saturated rings. The number of aromatic nitrogens is 1. The maximum absolute atomic E-state index is 14.4. The molecule has 3 aromatic rings. The summed E-state index contributed by atoms with van der Waals surface area (Å²) in [5.41, 5.74) is 1.32. The molecular formula is C21H20FN3O3S. The number of halogens is 1. The van der Waals surface area contributed by atoms with Crippen molar-refractivity contribution in [2.75, 3.05) is 10.8 Å². The Balaban J connectivity index is 1.88. The van der Waals surface area contributed by atoms with Crippen molar-refractivity contribution >= 4 is 21.6 Å². The van der Waals surface area contributed by atoms with Gasteiger partial charge < -0.3 is 5.32 Å². The number of pyridine rings is 1. The van der Waals surface area contributed by atoms with E-state index in [0.717, 1.165) is 15.9 Å². The first-order valence-electron chi connectivity index (χ1n) is 8.88. The van der Waals surface area contributed by atoms with Crippen molar-refractivity contribution in [3.05, 3.63) is 90.0 Å². The molecule has 1 heterocycles. The lowest BCUT2D eigenvalue weighted by Crippen LogP contribution is -2.41. The van der Waals surface area contributed by atoms with Gasteiger partial charge in [0.05, 0.1) is 22.8 Å². The maximum atomic E-state index is 14.4. The molecule has 8 heteroatoms. The molecule has 0 aliphatic heterocycles. The quantitative estimate of drug-likeness (QED) is 0.646. The number of rotatable bonds is 7. The first kappa shape index (κ1) is 20.5. The Morgan fingerprint density at radius 2 is 1.72 bits per heavy atom. The molecule has 1 aromatic heterocycles. The van der Waals surface area contributed by atoms with Crippen molar-refractivity contribution in [1.29, 1.82) is 0 Å². The zero-order valence-electron chi connectivity index (χ0n) is 15.7. The predicted molar refractivity (Wildman–Crippen MR) is 108 cm³/mol. The van der Waals surface area contributed by atoms with Crippen molar-refractivity contribution in [2.24, 2.45) is 0 Å². The van der Waals surface area contributed by atoms with Crippen LogP contribution in [0.2, 0.25) is 0 Å². The van der Waals surface area contributed by atoms with Crippen LogP contribution in [0.5, 0.6) is 0 Å². The molecule has 0 radical (unpaired) electrons. The minimum atomic E-state index is -4.15. The molecule has 1 amide bonds. The van der Waals surface area contributed by atoms with Crippen molar-refractivity contribution in [1.82, 2.24) is 10.3 Å². The maximum Gasteiger partial charge on any atom is 0.264 e. The Hall–Kier alpha value is -3.26. The van der Waals surface area contributed by atoms with E-state index in [-0.39, 0.29) is 17.1 Å². The molecule has 0 saturated heterocycles. The summed E-state index contributed by atoms with van der Waals surface area (Å²) in [6.45, 7) is 1.40. The average molecular weight is 413 g/mol. The van der Waals surface area contributed by atoms with Crippen LogP contribution in [0.15, 0.2) is 77.8 Å². The van der Waals surface area contributed by atoms with E-state index in [1.807, 2.05) is 6.92 Å². The van der Waals surface area contributed by atoms with Gasteiger partial charge in [0.1, 0.15) is 12.4 Å². The smallest absolute Gasteiger partial charge is 0.264 e. The number of benzene rings is 2. The largest absolute Gasteiger partial charge is 0.349 e. The molecule has 1 N–H and O–H groups in total.